The molecule has 8 heteroatoms. The molecule has 1 aliphatic carbocycles. The number of aliphatic imine (C=N–C) groups is 1. The van der Waals surface area contributed by atoms with Crippen LogP contribution in [0.15, 0.2) is 29.3 Å². The quantitative estimate of drug-likeness (QED) is 0.328. The van der Waals surface area contributed by atoms with E-state index >= 15 is 0 Å². The van der Waals surface area contributed by atoms with Gasteiger partial charge in [-0.25, -0.2) is 0 Å². The molecule has 0 radical (unpaired) electrons. The van der Waals surface area contributed by atoms with Gasteiger partial charge in [0, 0.05) is 31.2 Å². The van der Waals surface area contributed by atoms with Crippen molar-refractivity contribution in [2.75, 3.05) is 26.3 Å². The minimum Gasteiger partial charge on any atom is -0.381 e. The summed E-state index contributed by atoms with van der Waals surface area (Å²) >= 11 is 0. The smallest absolute Gasteiger partial charge is 0.381 e. The first-order valence-electron chi connectivity index (χ1n) is 10.2. The lowest BCUT2D eigenvalue weighted by molar-refractivity contribution is -0.137. The van der Waals surface area contributed by atoms with Gasteiger partial charge in [-0.3, -0.25) is 4.99 Å². The number of alkyl halides is 3. The second kappa shape index (κ2) is 10.8. The first kappa shape index (κ1) is 24.2. The highest BCUT2D eigenvalue weighted by Crippen LogP contribution is 2.38. The van der Waals surface area contributed by atoms with Gasteiger partial charge in [0.1, 0.15) is 0 Å². The highest BCUT2D eigenvalue weighted by atomic mass is 127. The molecule has 0 spiro atoms. The number of hydrogen-bond acceptors (Lipinski definition) is 2. The van der Waals surface area contributed by atoms with E-state index in [0.717, 1.165) is 31.4 Å². The van der Waals surface area contributed by atoms with Gasteiger partial charge in [-0.15, -0.1) is 24.0 Å². The van der Waals surface area contributed by atoms with Crippen molar-refractivity contribution in [1.29, 1.82) is 0 Å². The molecule has 1 aliphatic heterocycles. The largest absolute Gasteiger partial charge is 0.416 e. The summed E-state index contributed by atoms with van der Waals surface area (Å²) in [5, 5.41) is 6.77. The minimum atomic E-state index is -4.34. The van der Waals surface area contributed by atoms with Gasteiger partial charge in [0.15, 0.2) is 5.96 Å². The van der Waals surface area contributed by atoms with Gasteiger partial charge in [-0.2, -0.15) is 13.2 Å². The molecule has 0 bridgehead atoms. The molecule has 3 rings (SSSR count). The molecule has 4 nitrogen and oxygen atoms in total. The van der Waals surface area contributed by atoms with Crippen LogP contribution in [0.25, 0.3) is 0 Å². The molecule has 2 aliphatic rings. The van der Waals surface area contributed by atoms with Crippen LogP contribution in [0.1, 0.15) is 56.6 Å². The van der Waals surface area contributed by atoms with Crippen LogP contribution in [-0.4, -0.2) is 38.3 Å². The zero-order valence-electron chi connectivity index (χ0n) is 16.9. The molecule has 1 heterocycles. The van der Waals surface area contributed by atoms with Crippen LogP contribution >= 0.6 is 24.0 Å². The van der Waals surface area contributed by atoms with Gasteiger partial charge >= 0.3 is 6.18 Å². The summed E-state index contributed by atoms with van der Waals surface area (Å²) in [6, 6.07) is 6.15. The Labute approximate surface area is 188 Å². The number of hydrogen-bond donors (Lipinski definition) is 2. The van der Waals surface area contributed by atoms with E-state index in [1.54, 1.807) is 6.07 Å². The lowest BCUT2D eigenvalue weighted by Gasteiger charge is -2.37. The molecule has 2 N–H and O–H groups in total. The third-order valence-electron chi connectivity index (χ3n) is 5.83. The van der Waals surface area contributed by atoms with E-state index < -0.39 is 17.2 Å². The minimum absolute atomic E-state index is 0. The predicted molar refractivity (Wildman–Crippen MR) is 120 cm³/mol. The van der Waals surface area contributed by atoms with Crippen molar-refractivity contribution in [1.82, 2.24) is 10.6 Å². The van der Waals surface area contributed by atoms with Crippen LogP contribution < -0.4 is 10.6 Å². The zero-order chi connectivity index (χ0) is 20.0. The number of benzene rings is 1. The van der Waals surface area contributed by atoms with E-state index in [9.17, 15) is 13.2 Å². The molecule has 1 saturated carbocycles. The van der Waals surface area contributed by atoms with Crippen LogP contribution in [0.4, 0.5) is 13.2 Å². The summed E-state index contributed by atoms with van der Waals surface area (Å²) in [6.07, 6.45) is 1.71. The molecule has 0 unspecified atom stereocenters. The van der Waals surface area contributed by atoms with E-state index in [1.165, 1.54) is 25.0 Å². The Morgan fingerprint density at radius 1 is 1.21 bits per heavy atom. The second-order valence-electron chi connectivity index (χ2n) is 7.79. The number of ether oxygens (including phenoxy) is 1. The van der Waals surface area contributed by atoms with Crippen LogP contribution in [0.5, 0.6) is 0 Å². The fourth-order valence-corrected chi connectivity index (χ4v) is 4.14. The van der Waals surface area contributed by atoms with Crippen molar-refractivity contribution >= 4 is 29.9 Å². The van der Waals surface area contributed by atoms with Crippen LogP contribution in [0, 0.1) is 0 Å². The molecule has 1 aromatic rings. The van der Waals surface area contributed by atoms with Gasteiger partial charge in [-0.1, -0.05) is 31.0 Å². The van der Waals surface area contributed by atoms with Crippen molar-refractivity contribution in [2.24, 2.45) is 4.99 Å². The highest BCUT2D eigenvalue weighted by molar-refractivity contribution is 14.0. The topological polar surface area (TPSA) is 45.7 Å². The van der Waals surface area contributed by atoms with Gasteiger partial charge in [-0.05, 0) is 44.2 Å². The maximum Gasteiger partial charge on any atom is 0.416 e. The first-order chi connectivity index (χ1) is 13.4. The summed E-state index contributed by atoms with van der Waals surface area (Å²) in [4.78, 5) is 4.80. The number of guanidine groups is 1. The monoisotopic (exact) mass is 525 g/mol. The van der Waals surface area contributed by atoms with E-state index in [4.69, 9.17) is 9.73 Å². The number of halogens is 4. The van der Waals surface area contributed by atoms with Crippen molar-refractivity contribution < 1.29 is 17.9 Å². The fourth-order valence-electron chi connectivity index (χ4n) is 4.14. The van der Waals surface area contributed by atoms with Crippen LogP contribution in [0.2, 0.25) is 0 Å². The van der Waals surface area contributed by atoms with Crippen molar-refractivity contribution in [3.05, 3.63) is 35.4 Å². The molecule has 0 amide bonds. The zero-order valence-corrected chi connectivity index (χ0v) is 19.2. The molecule has 0 aromatic heterocycles. The molecular weight excluding hydrogens is 494 g/mol. The summed E-state index contributed by atoms with van der Waals surface area (Å²) in [7, 11) is 0. The maximum atomic E-state index is 13.2. The molecule has 1 saturated heterocycles. The van der Waals surface area contributed by atoms with Crippen molar-refractivity contribution in [3.8, 4) is 0 Å². The standard InChI is InChI=1S/C21H30F3N3O.HI/c1-2-25-19(27-18-8-3-4-9-18)26-15-20(10-12-28-13-11-20)16-6-5-7-17(14-16)21(22,23)24;/h5-7,14,18H,2-4,8-13,15H2,1H3,(H2,25,26,27);1H. The third-order valence-corrected chi connectivity index (χ3v) is 5.83. The summed E-state index contributed by atoms with van der Waals surface area (Å²) in [6.45, 7) is 4.29. The Morgan fingerprint density at radius 3 is 2.52 bits per heavy atom. The normalized spacial score (nSPS) is 20.2. The highest BCUT2D eigenvalue weighted by Gasteiger charge is 2.37. The molecule has 29 heavy (non-hydrogen) atoms. The van der Waals surface area contributed by atoms with E-state index in [1.807, 2.05) is 6.92 Å². The Balaban J connectivity index is 0.00000300. The number of rotatable bonds is 5. The molecular formula is C21H31F3IN3O. The lowest BCUT2D eigenvalue weighted by Crippen LogP contribution is -2.44. The Morgan fingerprint density at radius 2 is 1.90 bits per heavy atom. The van der Waals surface area contributed by atoms with Crippen molar-refractivity contribution in [2.45, 2.75) is 63.1 Å². The first-order valence-corrected chi connectivity index (χ1v) is 10.2. The van der Waals surface area contributed by atoms with Gasteiger partial charge in [0.05, 0.1) is 12.1 Å². The number of nitrogens with one attached hydrogen (secondary N) is 2. The molecule has 0 atom stereocenters. The third kappa shape index (κ3) is 6.47. The summed E-state index contributed by atoms with van der Waals surface area (Å²) in [5.41, 5.74) is -0.334. The van der Waals surface area contributed by atoms with Gasteiger partial charge in [0.25, 0.3) is 0 Å². The molecule has 1 aromatic carbocycles. The fraction of sp³-hybridized carbons (Fsp3) is 0.667. The average molecular weight is 525 g/mol. The van der Waals surface area contributed by atoms with E-state index in [2.05, 4.69) is 10.6 Å². The summed E-state index contributed by atoms with van der Waals surface area (Å²) in [5.74, 6) is 0.757. The van der Waals surface area contributed by atoms with Crippen LogP contribution in [-0.2, 0) is 16.3 Å². The van der Waals surface area contributed by atoms with Crippen molar-refractivity contribution in [3.63, 3.8) is 0 Å². The molecule has 2 fully saturated rings. The van der Waals surface area contributed by atoms with E-state index in [-0.39, 0.29) is 24.0 Å². The Bertz CT molecular complexity index is 669. The summed E-state index contributed by atoms with van der Waals surface area (Å²) < 4.78 is 45.2. The average Bonchev–Trinajstić information content (AvgIpc) is 3.20. The lowest BCUT2D eigenvalue weighted by atomic mass is 9.74. The van der Waals surface area contributed by atoms with Gasteiger partial charge < -0.3 is 15.4 Å². The predicted octanol–water partition coefficient (Wildman–Crippen LogP) is 4.87. The Kier molecular flexibility index (Phi) is 9.06. The number of nitrogens with zero attached hydrogens (tertiary/aromatic N) is 1. The maximum absolute atomic E-state index is 13.2. The van der Waals surface area contributed by atoms with Gasteiger partial charge in [0.2, 0.25) is 0 Å². The van der Waals surface area contributed by atoms with E-state index in [0.29, 0.717) is 44.2 Å². The van der Waals surface area contributed by atoms with Crippen LogP contribution in [0.3, 0.4) is 0 Å². The second-order valence-corrected chi connectivity index (χ2v) is 7.79. The molecule has 164 valence electrons. The SMILES string of the molecule is CCNC(=NCC1(c2cccc(C(F)(F)F)c2)CCOCC1)NC1CCCC1.I. The Hall–Kier alpha value is -1.03.